The molecule has 5 nitrogen and oxygen atoms in total. The number of nitrogens with zero attached hydrogens (tertiary/aromatic N) is 4. The van der Waals surface area contributed by atoms with E-state index in [1.165, 1.54) is 22.8 Å². The third-order valence-electron chi connectivity index (χ3n) is 9.51. The fourth-order valence-corrected chi connectivity index (χ4v) is 6.66. The maximum atomic E-state index is 16.1. The molecule has 1 aliphatic rings. The molecule has 0 N–H and O–H groups in total. The van der Waals surface area contributed by atoms with Crippen LogP contribution in [0.5, 0.6) is 11.5 Å². The molecule has 0 unspecified atom stereocenters. The van der Waals surface area contributed by atoms with Crippen molar-refractivity contribution in [3.63, 3.8) is 0 Å². The molecule has 7 heteroatoms. The van der Waals surface area contributed by atoms with E-state index in [0.717, 1.165) is 39.2 Å². The number of fused-ring (bicyclic) bond motifs is 4. The van der Waals surface area contributed by atoms with E-state index in [4.69, 9.17) is 9.72 Å². The molecule has 50 heavy (non-hydrogen) atoms. The number of hydrogen-bond acceptors (Lipinski definition) is 4. The van der Waals surface area contributed by atoms with Crippen molar-refractivity contribution in [3.8, 4) is 17.3 Å². The van der Waals surface area contributed by atoms with Gasteiger partial charge in [-0.15, -0.1) is 36.6 Å². The van der Waals surface area contributed by atoms with Crippen LogP contribution in [0.25, 0.3) is 27.6 Å². The normalized spacial score (nSPS) is 12.8. The van der Waals surface area contributed by atoms with Crippen LogP contribution in [0.2, 0.25) is 0 Å². The third kappa shape index (κ3) is 5.76. The predicted octanol–water partition coefficient (Wildman–Crippen LogP) is 11.3. The molecule has 0 amide bonds. The van der Waals surface area contributed by atoms with Crippen molar-refractivity contribution in [2.45, 2.75) is 47.0 Å². The largest absolute Gasteiger partial charge is 0.509 e. The average molecular weight is 839 g/mol. The number of ether oxygens (including phenoxy) is 1. The standard InChI is InChI=1S/C43H36FN4O.Pt/c1-27-20-32(21-28(2)29(27)3)47-26-46(38-16-9-10-17-39(38)47)31-12-11-13-33(23-31)49-34-24-36(44)42-35-14-7-8-15-37(35)48(40(42)25-34)41-22-30(18-19-45-41)43(4,5)6;/h7-22,24,26H,1-6H3;/q-3;. The second-order valence-electron chi connectivity index (χ2n) is 13.8. The Morgan fingerprint density at radius 2 is 1.46 bits per heavy atom. The summed E-state index contributed by atoms with van der Waals surface area (Å²) in [4.78, 5) is 9.02. The second-order valence-corrected chi connectivity index (χ2v) is 13.8. The number of rotatable bonds is 5. The summed E-state index contributed by atoms with van der Waals surface area (Å²) < 4.78 is 24.4. The summed E-state index contributed by atoms with van der Waals surface area (Å²) in [6.45, 7) is 15.0. The number of halogens is 1. The first-order valence-electron chi connectivity index (χ1n) is 16.5. The Labute approximate surface area is 307 Å². The molecule has 1 aliphatic heterocycles. The molecular weight excluding hydrogens is 803 g/mol. The molecule has 0 bridgehead atoms. The number of aryl methyl sites for hydroxylation is 2. The van der Waals surface area contributed by atoms with Crippen LogP contribution in [-0.2, 0) is 26.5 Å². The van der Waals surface area contributed by atoms with Crippen molar-refractivity contribution in [1.82, 2.24) is 9.55 Å². The van der Waals surface area contributed by atoms with Gasteiger partial charge < -0.3 is 19.1 Å². The van der Waals surface area contributed by atoms with Crippen molar-refractivity contribution >= 4 is 44.6 Å². The summed E-state index contributed by atoms with van der Waals surface area (Å²) in [5, 5.41) is 1.27. The van der Waals surface area contributed by atoms with Gasteiger partial charge in [0, 0.05) is 67.2 Å². The molecule has 2 aromatic heterocycles. The zero-order valence-electron chi connectivity index (χ0n) is 28.8. The van der Waals surface area contributed by atoms with Gasteiger partial charge in [0.2, 0.25) is 0 Å². The fraction of sp³-hybridized carbons (Fsp3) is 0.163. The van der Waals surface area contributed by atoms with Crippen molar-refractivity contribution in [2.24, 2.45) is 0 Å². The van der Waals surface area contributed by atoms with Crippen LogP contribution >= 0.6 is 0 Å². The van der Waals surface area contributed by atoms with E-state index in [9.17, 15) is 0 Å². The van der Waals surface area contributed by atoms with E-state index in [-0.39, 0.29) is 38.0 Å². The molecule has 0 spiro atoms. The van der Waals surface area contributed by atoms with Crippen molar-refractivity contribution < 1.29 is 30.2 Å². The summed E-state index contributed by atoms with van der Waals surface area (Å²) in [6.07, 6.45) is 1.81. The Morgan fingerprint density at radius 3 is 2.20 bits per heavy atom. The Morgan fingerprint density at radius 1 is 0.760 bits per heavy atom. The molecule has 0 aliphatic carbocycles. The first kappa shape index (κ1) is 33.6. The van der Waals surface area contributed by atoms with Gasteiger partial charge in [-0.25, -0.2) is 9.37 Å². The molecule has 254 valence electrons. The number of hydrogen-bond donors (Lipinski definition) is 0. The van der Waals surface area contributed by atoms with E-state index in [2.05, 4.69) is 107 Å². The molecule has 8 rings (SSSR count). The SMILES string of the molecule is Cc1cc(N2[CH-]N(c3[c-]c(Oc4[c-]c5c(c(F)c4)c4ccccc4n5-c4cc(C(C)(C)C)ccn4)ccc3)c3ccccc32)cc(C)c1C.[Pt]. The van der Waals surface area contributed by atoms with Gasteiger partial charge in [-0.2, -0.15) is 6.07 Å². The Balaban J connectivity index is 0.00000392. The summed E-state index contributed by atoms with van der Waals surface area (Å²) in [6, 6.07) is 38.6. The summed E-state index contributed by atoms with van der Waals surface area (Å²) >= 11 is 0. The van der Waals surface area contributed by atoms with Crippen molar-refractivity contribution in [2.75, 3.05) is 9.80 Å². The van der Waals surface area contributed by atoms with Gasteiger partial charge in [0.25, 0.3) is 0 Å². The number of benzene rings is 5. The molecule has 7 aromatic rings. The molecule has 0 saturated heterocycles. The molecule has 0 fully saturated rings. The van der Waals surface area contributed by atoms with E-state index in [1.807, 2.05) is 65.4 Å². The molecule has 3 heterocycles. The Hall–Kier alpha value is -4.93. The van der Waals surface area contributed by atoms with Gasteiger partial charge in [-0.3, -0.25) is 0 Å². The smallest absolute Gasteiger partial charge is 0.135 e. The van der Waals surface area contributed by atoms with Crippen LogP contribution in [0.3, 0.4) is 0 Å². The first-order valence-corrected chi connectivity index (χ1v) is 16.5. The topological polar surface area (TPSA) is 33.5 Å². The minimum Gasteiger partial charge on any atom is -0.509 e. The zero-order chi connectivity index (χ0) is 34.0. The van der Waals surface area contributed by atoms with Crippen LogP contribution in [0.15, 0.2) is 103 Å². The molecule has 0 radical (unpaired) electrons. The number of aromatic nitrogens is 2. The molecule has 0 saturated carbocycles. The average Bonchev–Trinajstić information content (AvgIpc) is 3.63. The van der Waals surface area contributed by atoms with E-state index >= 15 is 4.39 Å². The van der Waals surface area contributed by atoms with Crippen LogP contribution in [0.1, 0.15) is 43.0 Å². The maximum absolute atomic E-state index is 16.1. The van der Waals surface area contributed by atoms with Gasteiger partial charge in [-0.05, 0) is 96.3 Å². The van der Waals surface area contributed by atoms with Gasteiger partial charge in [0.15, 0.2) is 0 Å². The van der Waals surface area contributed by atoms with Crippen LogP contribution < -0.4 is 14.5 Å². The molecule has 0 atom stereocenters. The predicted molar refractivity (Wildman–Crippen MR) is 197 cm³/mol. The first-order chi connectivity index (χ1) is 23.6. The van der Waals surface area contributed by atoms with Crippen LogP contribution in [-0.4, -0.2) is 9.55 Å². The van der Waals surface area contributed by atoms with Crippen molar-refractivity contribution in [3.05, 3.63) is 150 Å². The minimum atomic E-state index is -0.386. The van der Waals surface area contributed by atoms with Gasteiger partial charge >= 0.3 is 0 Å². The minimum absolute atomic E-state index is 0. The Kier molecular flexibility index (Phi) is 8.56. The van der Waals surface area contributed by atoms with Crippen LogP contribution in [0, 0.1) is 45.4 Å². The molecule has 5 aromatic carbocycles. The quantitative estimate of drug-likeness (QED) is 0.162. The number of pyridine rings is 1. The van der Waals surface area contributed by atoms with Gasteiger partial charge in [0.1, 0.15) is 5.82 Å². The second kappa shape index (κ2) is 12.8. The number of para-hydroxylation sites is 3. The van der Waals surface area contributed by atoms with E-state index in [1.54, 1.807) is 0 Å². The summed E-state index contributed by atoms with van der Waals surface area (Å²) in [5.74, 6) is 1.02. The van der Waals surface area contributed by atoms with Crippen LogP contribution in [0.4, 0.5) is 27.1 Å². The molecular formula is C43H36FN4OPt-3. The van der Waals surface area contributed by atoms with Gasteiger partial charge in [-0.1, -0.05) is 68.1 Å². The fourth-order valence-electron chi connectivity index (χ4n) is 6.66. The number of anilines is 4. The zero-order valence-corrected chi connectivity index (χ0v) is 31.1. The van der Waals surface area contributed by atoms with E-state index in [0.29, 0.717) is 22.5 Å². The summed E-state index contributed by atoms with van der Waals surface area (Å²) in [5.41, 5.74) is 10.3. The third-order valence-corrected chi connectivity index (χ3v) is 9.51. The summed E-state index contributed by atoms with van der Waals surface area (Å²) in [7, 11) is 0. The Bertz CT molecular complexity index is 2390. The van der Waals surface area contributed by atoms with Crippen molar-refractivity contribution in [1.29, 1.82) is 0 Å². The van der Waals surface area contributed by atoms with Gasteiger partial charge in [0.05, 0.1) is 0 Å². The van der Waals surface area contributed by atoms with E-state index < -0.39 is 0 Å². The maximum Gasteiger partial charge on any atom is 0.135 e. The monoisotopic (exact) mass is 838 g/mol.